The van der Waals surface area contributed by atoms with Crippen molar-refractivity contribution in [1.82, 2.24) is 0 Å². The van der Waals surface area contributed by atoms with Crippen LogP contribution < -0.4 is 0 Å². The summed E-state index contributed by atoms with van der Waals surface area (Å²) >= 11 is 6.70. The van der Waals surface area contributed by atoms with E-state index in [1.54, 1.807) is 6.26 Å². The zero-order valence-corrected chi connectivity index (χ0v) is 9.13. The maximum atomic E-state index is 10.8. The van der Waals surface area contributed by atoms with Crippen LogP contribution in [0.3, 0.4) is 0 Å². The van der Waals surface area contributed by atoms with Gasteiger partial charge in [-0.2, -0.15) is 0 Å². The molecule has 0 saturated heterocycles. The van der Waals surface area contributed by atoms with Crippen molar-refractivity contribution < 1.29 is 14.8 Å². The number of nitro benzene ring substituents is 1. The molecule has 7 heteroatoms. The highest BCUT2D eigenvalue weighted by Gasteiger charge is 2.27. The molecule has 0 aromatic heterocycles. The van der Waals surface area contributed by atoms with Crippen molar-refractivity contribution in [2.24, 2.45) is 0 Å². The Bertz CT molecular complexity index is 435. The Balaban J connectivity index is 3.58. The number of nitro groups is 1. The van der Waals surface area contributed by atoms with Crippen LogP contribution in [0, 0.1) is 10.1 Å². The fourth-order valence-corrected chi connectivity index (χ4v) is 1.90. The van der Waals surface area contributed by atoms with Crippen molar-refractivity contribution in [2.75, 3.05) is 6.26 Å². The molecular formula is C8H6ClNO4S. The lowest BCUT2D eigenvalue weighted by Gasteiger charge is -2.04. The van der Waals surface area contributed by atoms with Crippen LogP contribution in [-0.2, 0) is 0 Å². The van der Waals surface area contributed by atoms with Crippen molar-refractivity contribution in [3.05, 3.63) is 32.8 Å². The third-order valence-corrected chi connectivity index (χ3v) is 2.79. The van der Waals surface area contributed by atoms with Crippen molar-refractivity contribution in [2.45, 2.75) is 4.90 Å². The Morgan fingerprint density at radius 1 is 1.60 bits per heavy atom. The maximum absolute atomic E-state index is 10.8. The van der Waals surface area contributed by atoms with Gasteiger partial charge in [0.2, 0.25) is 0 Å². The summed E-state index contributed by atoms with van der Waals surface area (Å²) in [5.41, 5.74) is -0.920. The summed E-state index contributed by atoms with van der Waals surface area (Å²) in [6.07, 6.45) is 1.63. The topological polar surface area (TPSA) is 80.4 Å². The number of hydrogen-bond acceptors (Lipinski definition) is 4. The molecule has 0 radical (unpaired) electrons. The van der Waals surface area contributed by atoms with Crippen LogP contribution in [0.4, 0.5) is 5.69 Å². The lowest BCUT2D eigenvalue weighted by atomic mass is 10.2. The minimum atomic E-state index is -1.40. The maximum Gasteiger partial charge on any atom is 0.344 e. The molecule has 0 aliphatic heterocycles. The third-order valence-electron chi connectivity index (χ3n) is 1.71. The number of halogens is 1. The molecule has 5 nitrogen and oxygen atoms in total. The first-order chi connectivity index (χ1) is 6.99. The van der Waals surface area contributed by atoms with Gasteiger partial charge in [-0.1, -0.05) is 11.6 Å². The average Bonchev–Trinajstić information content (AvgIpc) is 2.16. The van der Waals surface area contributed by atoms with Crippen LogP contribution in [0.15, 0.2) is 17.0 Å². The summed E-state index contributed by atoms with van der Waals surface area (Å²) in [7, 11) is 0. The number of nitrogens with zero attached hydrogens (tertiary/aromatic N) is 1. The highest BCUT2D eigenvalue weighted by Crippen LogP contribution is 2.35. The first-order valence-electron chi connectivity index (χ1n) is 3.73. The highest BCUT2D eigenvalue weighted by molar-refractivity contribution is 7.98. The molecule has 0 saturated carbocycles. The number of aromatic carboxylic acids is 1. The van der Waals surface area contributed by atoms with E-state index in [2.05, 4.69) is 0 Å². The smallest absolute Gasteiger partial charge is 0.344 e. The van der Waals surface area contributed by atoms with Gasteiger partial charge >= 0.3 is 5.97 Å². The Kier molecular flexibility index (Phi) is 3.54. The second-order valence-electron chi connectivity index (χ2n) is 2.54. The summed E-state index contributed by atoms with van der Waals surface area (Å²) in [4.78, 5) is 21.1. The van der Waals surface area contributed by atoms with E-state index in [1.165, 1.54) is 12.1 Å². The quantitative estimate of drug-likeness (QED) is 0.505. The van der Waals surface area contributed by atoms with Crippen LogP contribution in [0.5, 0.6) is 0 Å². The summed E-state index contributed by atoms with van der Waals surface area (Å²) in [6, 6.07) is 2.77. The number of carboxylic acids is 1. The average molecular weight is 248 g/mol. The molecule has 0 unspecified atom stereocenters. The molecule has 15 heavy (non-hydrogen) atoms. The Labute approximate surface area is 94.2 Å². The zero-order chi connectivity index (χ0) is 11.6. The number of carbonyl (C=O) groups is 1. The van der Waals surface area contributed by atoms with E-state index in [1.807, 2.05) is 0 Å². The summed E-state index contributed by atoms with van der Waals surface area (Å²) < 4.78 is 0. The number of hydrogen-bond donors (Lipinski definition) is 1. The zero-order valence-electron chi connectivity index (χ0n) is 7.56. The Morgan fingerprint density at radius 3 is 2.60 bits per heavy atom. The second-order valence-corrected chi connectivity index (χ2v) is 3.79. The molecule has 1 rings (SSSR count). The van der Waals surface area contributed by atoms with Crippen molar-refractivity contribution in [3.63, 3.8) is 0 Å². The first-order valence-corrected chi connectivity index (χ1v) is 5.33. The molecular weight excluding hydrogens is 242 g/mol. The molecule has 1 N–H and O–H groups in total. The molecule has 0 amide bonds. The van der Waals surface area contributed by atoms with Gasteiger partial charge in [0.25, 0.3) is 5.69 Å². The van der Waals surface area contributed by atoms with E-state index in [9.17, 15) is 14.9 Å². The molecule has 0 fully saturated rings. The minimum absolute atomic E-state index is 0.132. The van der Waals surface area contributed by atoms with Crippen LogP contribution in [-0.4, -0.2) is 22.3 Å². The Hall–Kier alpha value is -1.27. The molecule has 0 atom stereocenters. The van der Waals surface area contributed by atoms with E-state index in [-0.39, 0.29) is 9.92 Å². The molecule has 0 spiro atoms. The fraction of sp³-hybridized carbons (Fsp3) is 0.125. The van der Waals surface area contributed by atoms with E-state index in [4.69, 9.17) is 16.7 Å². The minimum Gasteiger partial charge on any atom is -0.477 e. The lowest BCUT2D eigenvalue weighted by Crippen LogP contribution is -2.04. The van der Waals surface area contributed by atoms with Crippen molar-refractivity contribution in [1.29, 1.82) is 0 Å². The van der Waals surface area contributed by atoms with Gasteiger partial charge in [0.05, 0.1) is 14.8 Å². The van der Waals surface area contributed by atoms with Gasteiger partial charge in [0, 0.05) is 0 Å². The second kappa shape index (κ2) is 4.50. The molecule has 0 aliphatic rings. The SMILES string of the molecule is CSc1ccc(Cl)c(C(=O)O)c1[N+](=O)[O-]. The van der Waals surface area contributed by atoms with Gasteiger partial charge in [-0.15, -0.1) is 11.8 Å². The third kappa shape index (κ3) is 2.21. The molecule has 1 aromatic carbocycles. The van der Waals surface area contributed by atoms with Gasteiger partial charge in [0.15, 0.2) is 5.56 Å². The van der Waals surface area contributed by atoms with Gasteiger partial charge in [0.1, 0.15) is 0 Å². The van der Waals surface area contributed by atoms with Crippen LogP contribution in [0.2, 0.25) is 5.02 Å². The van der Waals surface area contributed by atoms with E-state index >= 15 is 0 Å². The van der Waals surface area contributed by atoms with Gasteiger partial charge < -0.3 is 5.11 Å². The number of thioether (sulfide) groups is 1. The number of carboxylic acid groups (broad SMARTS) is 1. The molecule has 0 heterocycles. The fourth-order valence-electron chi connectivity index (χ4n) is 1.10. The highest BCUT2D eigenvalue weighted by atomic mass is 35.5. The van der Waals surface area contributed by atoms with Crippen LogP contribution in [0.25, 0.3) is 0 Å². The van der Waals surface area contributed by atoms with E-state index < -0.39 is 22.1 Å². The number of benzene rings is 1. The van der Waals surface area contributed by atoms with Gasteiger partial charge in [-0.25, -0.2) is 4.79 Å². The summed E-state index contributed by atoms with van der Waals surface area (Å²) in [5.74, 6) is -1.40. The normalized spacial score (nSPS) is 10.0. The summed E-state index contributed by atoms with van der Waals surface area (Å²) in [5, 5.41) is 19.4. The molecule has 0 aliphatic carbocycles. The molecule has 1 aromatic rings. The predicted molar refractivity (Wildman–Crippen MR) is 56.8 cm³/mol. The van der Waals surface area contributed by atoms with Crippen LogP contribution in [0.1, 0.15) is 10.4 Å². The largest absolute Gasteiger partial charge is 0.477 e. The Morgan fingerprint density at radius 2 is 2.20 bits per heavy atom. The van der Waals surface area contributed by atoms with Crippen molar-refractivity contribution in [3.8, 4) is 0 Å². The molecule has 80 valence electrons. The van der Waals surface area contributed by atoms with Crippen LogP contribution >= 0.6 is 23.4 Å². The number of rotatable bonds is 3. The monoisotopic (exact) mass is 247 g/mol. The predicted octanol–water partition coefficient (Wildman–Crippen LogP) is 2.67. The molecule has 0 bridgehead atoms. The van der Waals surface area contributed by atoms with Gasteiger partial charge in [-0.05, 0) is 18.4 Å². The standard InChI is InChI=1S/C8H6ClNO4S/c1-15-5-3-2-4(9)6(8(11)12)7(5)10(13)14/h2-3H,1H3,(H,11,12). The van der Waals surface area contributed by atoms with Crippen molar-refractivity contribution >= 4 is 35.0 Å². The first kappa shape index (κ1) is 11.8. The van der Waals surface area contributed by atoms with E-state index in [0.717, 1.165) is 11.8 Å². The summed E-state index contributed by atoms with van der Waals surface area (Å²) in [6.45, 7) is 0. The van der Waals surface area contributed by atoms with E-state index in [0.29, 0.717) is 0 Å². The van der Waals surface area contributed by atoms with Gasteiger partial charge in [-0.3, -0.25) is 10.1 Å². The lowest BCUT2D eigenvalue weighted by molar-refractivity contribution is -0.388.